The minimum absolute atomic E-state index is 0.0108. The van der Waals surface area contributed by atoms with Crippen LogP contribution in [0.5, 0.6) is 0 Å². The van der Waals surface area contributed by atoms with Crippen molar-refractivity contribution in [3.05, 3.63) is 112 Å². The third kappa shape index (κ3) is 5.82. The largest absolute Gasteiger partial charge is 0.310 e. The van der Waals surface area contributed by atoms with E-state index in [1.54, 1.807) is 0 Å². The maximum Gasteiger partial charge on any atom is 0.0540 e. The van der Waals surface area contributed by atoms with E-state index in [1.807, 2.05) is 18.2 Å². The third-order valence-electron chi connectivity index (χ3n) is 6.26. The van der Waals surface area contributed by atoms with Crippen LogP contribution >= 0.6 is 27.5 Å². The summed E-state index contributed by atoms with van der Waals surface area (Å²) in [7, 11) is 0. The first-order valence-electron chi connectivity index (χ1n) is 12.0. The number of halogens is 2. The van der Waals surface area contributed by atoms with Crippen LogP contribution in [0.15, 0.2) is 95.5 Å². The van der Waals surface area contributed by atoms with Crippen molar-refractivity contribution in [2.45, 2.75) is 52.4 Å². The predicted octanol–water partition coefficient (Wildman–Crippen LogP) is 10.8. The Morgan fingerprint density at radius 1 is 0.629 bits per heavy atom. The highest BCUT2D eigenvalue weighted by Crippen LogP contribution is 2.44. The van der Waals surface area contributed by atoms with Gasteiger partial charge in [-0.1, -0.05) is 112 Å². The lowest BCUT2D eigenvalue weighted by atomic mass is 9.84. The molecule has 4 rings (SSSR count). The first-order valence-corrected chi connectivity index (χ1v) is 13.2. The average molecular weight is 547 g/mol. The van der Waals surface area contributed by atoms with E-state index in [4.69, 9.17) is 11.6 Å². The summed E-state index contributed by atoms with van der Waals surface area (Å²) in [6, 6.07) is 32.2. The Kier molecular flexibility index (Phi) is 7.18. The molecule has 4 aromatic rings. The van der Waals surface area contributed by atoms with Gasteiger partial charge in [-0.15, -0.1) is 0 Å². The smallest absolute Gasteiger partial charge is 0.0540 e. The zero-order valence-electron chi connectivity index (χ0n) is 21.4. The molecule has 0 radical (unpaired) electrons. The molecule has 0 aliphatic heterocycles. The van der Waals surface area contributed by atoms with Gasteiger partial charge in [0.05, 0.1) is 5.69 Å². The van der Waals surface area contributed by atoms with E-state index in [0.717, 1.165) is 21.5 Å². The summed E-state index contributed by atoms with van der Waals surface area (Å²) in [4.78, 5) is 2.32. The standard InChI is InChI=1S/C32H33BrClN/c1-31(2,3)23-15-16-30(29(19-23)22-11-8-7-9-12-22)35(27-14-10-13-26(34)21-27)28-18-24(32(4,5)6)17-25(33)20-28/h7-21H,1-6H3. The molecule has 180 valence electrons. The molecule has 0 saturated heterocycles. The van der Waals surface area contributed by atoms with E-state index < -0.39 is 0 Å². The molecule has 0 N–H and O–H groups in total. The first kappa shape index (κ1) is 25.5. The van der Waals surface area contributed by atoms with Gasteiger partial charge in [0, 0.05) is 26.4 Å². The molecule has 0 spiro atoms. The summed E-state index contributed by atoms with van der Waals surface area (Å²) in [6.07, 6.45) is 0. The summed E-state index contributed by atoms with van der Waals surface area (Å²) in [5.74, 6) is 0. The molecule has 0 atom stereocenters. The Hall–Kier alpha value is -2.55. The highest BCUT2D eigenvalue weighted by Gasteiger charge is 2.23. The van der Waals surface area contributed by atoms with Gasteiger partial charge in [-0.3, -0.25) is 0 Å². The summed E-state index contributed by atoms with van der Waals surface area (Å²) < 4.78 is 1.06. The molecule has 0 unspecified atom stereocenters. The molecule has 1 nitrogen and oxygen atoms in total. The maximum atomic E-state index is 6.50. The van der Waals surface area contributed by atoms with Gasteiger partial charge in [0.25, 0.3) is 0 Å². The van der Waals surface area contributed by atoms with Crippen LogP contribution in [-0.2, 0) is 10.8 Å². The van der Waals surface area contributed by atoms with Crippen LogP contribution in [0, 0.1) is 0 Å². The summed E-state index contributed by atoms with van der Waals surface area (Å²) in [6.45, 7) is 13.5. The maximum absolute atomic E-state index is 6.50. The van der Waals surface area contributed by atoms with Gasteiger partial charge in [0.15, 0.2) is 0 Å². The van der Waals surface area contributed by atoms with Crippen LogP contribution in [-0.4, -0.2) is 0 Å². The fourth-order valence-corrected chi connectivity index (χ4v) is 4.89. The molecule has 0 fully saturated rings. The second kappa shape index (κ2) is 9.84. The van der Waals surface area contributed by atoms with Crippen LogP contribution in [0.25, 0.3) is 11.1 Å². The number of hydrogen-bond donors (Lipinski definition) is 0. The van der Waals surface area contributed by atoms with Crippen LogP contribution < -0.4 is 4.90 Å². The SMILES string of the molecule is CC(C)(C)c1cc(Br)cc(N(c2cccc(Cl)c2)c2ccc(C(C)(C)C)cc2-c2ccccc2)c1. The van der Waals surface area contributed by atoms with Crippen molar-refractivity contribution >= 4 is 44.6 Å². The average Bonchev–Trinajstić information content (AvgIpc) is 2.78. The molecule has 35 heavy (non-hydrogen) atoms. The molecule has 0 aliphatic rings. The molecule has 0 aliphatic carbocycles. The van der Waals surface area contributed by atoms with Gasteiger partial charge in [-0.2, -0.15) is 0 Å². The quantitative estimate of drug-likeness (QED) is 0.246. The molecule has 0 amide bonds. The van der Waals surface area contributed by atoms with Gasteiger partial charge in [-0.05, 0) is 76.1 Å². The zero-order chi connectivity index (χ0) is 25.4. The zero-order valence-corrected chi connectivity index (χ0v) is 23.7. The van der Waals surface area contributed by atoms with Crippen LogP contribution in [0.1, 0.15) is 52.7 Å². The Bertz CT molecular complexity index is 1330. The van der Waals surface area contributed by atoms with E-state index in [-0.39, 0.29) is 10.8 Å². The minimum atomic E-state index is 0.0108. The van der Waals surface area contributed by atoms with E-state index in [1.165, 1.54) is 22.3 Å². The van der Waals surface area contributed by atoms with E-state index in [2.05, 4.69) is 135 Å². The highest BCUT2D eigenvalue weighted by atomic mass is 79.9. The van der Waals surface area contributed by atoms with Gasteiger partial charge in [-0.25, -0.2) is 0 Å². The monoisotopic (exact) mass is 545 g/mol. The summed E-state index contributed by atoms with van der Waals surface area (Å²) >= 11 is 10.3. The number of anilines is 3. The van der Waals surface area contributed by atoms with Crippen molar-refractivity contribution in [1.29, 1.82) is 0 Å². The normalized spacial score (nSPS) is 12.0. The van der Waals surface area contributed by atoms with E-state index in [0.29, 0.717) is 5.02 Å². The second-order valence-electron chi connectivity index (χ2n) is 11.1. The van der Waals surface area contributed by atoms with Crippen LogP contribution in [0.3, 0.4) is 0 Å². The number of nitrogens with zero attached hydrogens (tertiary/aromatic N) is 1. The summed E-state index contributed by atoms with van der Waals surface area (Å²) in [5.41, 5.74) is 8.22. The van der Waals surface area contributed by atoms with Gasteiger partial charge >= 0.3 is 0 Å². The predicted molar refractivity (Wildman–Crippen MR) is 157 cm³/mol. The van der Waals surface area contributed by atoms with Crippen LogP contribution in [0.4, 0.5) is 17.1 Å². The lowest BCUT2D eigenvalue weighted by molar-refractivity contribution is 0.589. The molecule has 0 saturated carbocycles. The summed E-state index contributed by atoms with van der Waals surface area (Å²) in [5, 5.41) is 0.714. The Morgan fingerprint density at radius 2 is 1.31 bits per heavy atom. The van der Waals surface area contributed by atoms with Crippen molar-refractivity contribution in [3.63, 3.8) is 0 Å². The van der Waals surface area contributed by atoms with Crippen molar-refractivity contribution < 1.29 is 0 Å². The van der Waals surface area contributed by atoms with Crippen LogP contribution in [0.2, 0.25) is 5.02 Å². The molecule has 4 aromatic carbocycles. The van der Waals surface area contributed by atoms with Crippen molar-refractivity contribution in [2.24, 2.45) is 0 Å². The second-order valence-corrected chi connectivity index (χ2v) is 12.5. The number of benzene rings is 4. The van der Waals surface area contributed by atoms with Crippen molar-refractivity contribution in [2.75, 3.05) is 4.90 Å². The van der Waals surface area contributed by atoms with Gasteiger partial charge < -0.3 is 4.90 Å². The lowest BCUT2D eigenvalue weighted by Gasteiger charge is -2.31. The third-order valence-corrected chi connectivity index (χ3v) is 6.95. The highest BCUT2D eigenvalue weighted by molar-refractivity contribution is 9.10. The van der Waals surface area contributed by atoms with Crippen molar-refractivity contribution in [3.8, 4) is 11.1 Å². The number of rotatable bonds is 4. The first-order chi connectivity index (χ1) is 16.4. The lowest BCUT2D eigenvalue weighted by Crippen LogP contribution is -2.16. The van der Waals surface area contributed by atoms with Crippen molar-refractivity contribution in [1.82, 2.24) is 0 Å². The van der Waals surface area contributed by atoms with E-state index >= 15 is 0 Å². The molecule has 0 heterocycles. The topological polar surface area (TPSA) is 3.24 Å². The Morgan fingerprint density at radius 3 is 1.94 bits per heavy atom. The fraction of sp³-hybridized carbons (Fsp3) is 0.250. The molecule has 3 heteroatoms. The fourth-order valence-electron chi connectivity index (χ4n) is 4.23. The van der Waals surface area contributed by atoms with Gasteiger partial charge in [0.1, 0.15) is 0 Å². The minimum Gasteiger partial charge on any atom is -0.310 e. The molecule has 0 bridgehead atoms. The van der Waals surface area contributed by atoms with E-state index in [9.17, 15) is 0 Å². The Labute approximate surface area is 223 Å². The molecule has 0 aromatic heterocycles. The Balaban J connectivity index is 2.04. The molecular formula is C32H33BrClN. The van der Waals surface area contributed by atoms with Gasteiger partial charge in [0.2, 0.25) is 0 Å². The molecular weight excluding hydrogens is 514 g/mol. The number of hydrogen-bond acceptors (Lipinski definition) is 1.